The molecule has 0 aliphatic rings. The zero-order valence-electron chi connectivity index (χ0n) is 15.7. The number of amides is 1. The highest BCUT2D eigenvalue weighted by molar-refractivity contribution is 5.76. The number of aromatic hydroxyl groups is 1. The molecule has 1 atom stereocenters. The van der Waals surface area contributed by atoms with E-state index in [0.717, 1.165) is 49.2 Å². The van der Waals surface area contributed by atoms with Crippen LogP contribution < -0.4 is 10.1 Å². The molecule has 26 heavy (non-hydrogen) atoms. The zero-order chi connectivity index (χ0) is 18.8. The van der Waals surface area contributed by atoms with E-state index >= 15 is 0 Å². The molecule has 0 fully saturated rings. The molecular formula is C22H29NO3. The first-order valence-electron chi connectivity index (χ1n) is 9.36. The Morgan fingerprint density at radius 1 is 1.04 bits per heavy atom. The van der Waals surface area contributed by atoms with E-state index in [1.165, 1.54) is 0 Å². The molecule has 1 unspecified atom stereocenters. The molecule has 0 radical (unpaired) electrons. The number of benzene rings is 2. The summed E-state index contributed by atoms with van der Waals surface area (Å²) in [4.78, 5) is 12.1. The van der Waals surface area contributed by atoms with Crippen LogP contribution in [0.2, 0.25) is 0 Å². The fourth-order valence-electron chi connectivity index (χ4n) is 2.70. The van der Waals surface area contributed by atoms with Crippen molar-refractivity contribution >= 4 is 5.91 Å². The third kappa shape index (κ3) is 7.18. The molecule has 4 heteroatoms. The van der Waals surface area contributed by atoms with Gasteiger partial charge in [-0.1, -0.05) is 31.2 Å². The summed E-state index contributed by atoms with van der Waals surface area (Å²) in [7, 11) is 0. The number of rotatable bonds is 10. The maximum atomic E-state index is 12.1. The van der Waals surface area contributed by atoms with Gasteiger partial charge in [0.2, 0.25) is 5.91 Å². The monoisotopic (exact) mass is 355 g/mol. The third-order valence-corrected chi connectivity index (χ3v) is 4.25. The van der Waals surface area contributed by atoms with E-state index in [2.05, 4.69) is 12.2 Å². The van der Waals surface area contributed by atoms with Crippen LogP contribution in [0, 0.1) is 0 Å². The predicted molar refractivity (Wildman–Crippen MR) is 105 cm³/mol. The van der Waals surface area contributed by atoms with Crippen molar-refractivity contribution in [3.63, 3.8) is 0 Å². The maximum absolute atomic E-state index is 12.1. The molecule has 0 saturated heterocycles. The first kappa shape index (κ1) is 19.8. The van der Waals surface area contributed by atoms with E-state index in [0.29, 0.717) is 6.42 Å². The van der Waals surface area contributed by atoms with Gasteiger partial charge in [-0.3, -0.25) is 4.79 Å². The zero-order valence-corrected chi connectivity index (χ0v) is 15.7. The van der Waals surface area contributed by atoms with Crippen LogP contribution >= 0.6 is 0 Å². The lowest BCUT2D eigenvalue weighted by Gasteiger charge is -2.14. The number of phenolic OH excluding ortho intramolecular Hbond substituents is 1. The minimum Gasteiger partial charge on any atom is -0.508 e. The number of ether oxygens (including phenoxy) is 1. The van der Waals surface area contributed by atoms with E-state index in [4.69, 9.17) is 4.74 Å². The molecule has 0 heterocycles. The van der Waals surface area contributed by atoms with E-state index in [1.54, 1.807) is 12.1 Å². The maximum Gasteiger partial charge on any atom is 0.220 e. The Balaban J connectivity index is 1.68. The average molecular weight is 355 g/mol. The summed E-state index contributed by atoms with van der Waals surface area (Å²) < 4.78 is 5.57. The van der Waals surface area contributed by atoms with Gasteiger partial charge in [-0.25, -0.2) is 0 Å². The summed E-state index contributed by atoms with van der Waals surface area (Å²) in [5.41, 5.74) is 2.30. The van der Waals surface area contributed by atoms with Gasteiger partial charge in [-0.15, -0.1) is 0 Å². The van der Waals surface area contributed by atoms with Gasteiger partial charge in [0, 0.05) is 12.5 Å². The number of carbonyl (C=O) groups is 1. The van der Waals surface area contributed by atoms with Gasteiger partial charge in [-0.2, -0.15) is 0 Å². The van der Waals surface area contributed by atoms with Crippen LogP contribution in [0.1, 0.15) is 44.2 Å². The first-order valence-corrected chi connectivity index (χ1v) is 9.36. The largest absolute Gasteiger partial charge is 0.508 e. The highest BCUT2D eigenvalue weighted by Crippen LogP contribution is 2.14. The van der Waals surface area contributed by atoms with Crippen LogP contribution in [0.25, 0.3) is 0 Å². The molecule has 2 rings (SSSR count). The minimum atomic E-state index is 0.0783. The second kappa shape index (κ2) is 10.5. The summed E-state index contributed by atoms with van der Waals surface area (Å²) in [6, 6.07) is 15.3. The standard InChI is InChI=1S/C22H29NO3/c1-3-16-26-21-13-8-19(9-14-21)10-15-22(25)23-17(2)4-5-18-6-11-20(24)12-7-18/h6-9,11-14,17,24H,3-5,10,15-16H2,1-2H3,(H,23,25). The Kier molecular flexibility index (Phi) is 8.00. The highest BCUT2D eigenvalue weighted by Gasteiger charge is 2.08. The van der Waals surface area contributed by atoms with Crippen LogP contribution in [0.4, 0.5) is 0 Å². The lowest BCUT2D eigenvalue weighted by atomic mass is 10.1. The van der Waals surface area contributed by atoms with Crippen molar-refractivity contribution in [2.45, 2.75) is 52.0 Å². The van der Waals surface area contributed by atoms with E-state index in [9.17, 15) is 9.90 Å². The Morgan fingerprint density at radius 2 is 1.65 bits per heavy atom. The Hall–Kier alpha value is -2.49. The van der Waals surface area contributed by atoms with E-state index in [-0.39, 0.29) is 17.7 Å². The lowest BCUT2D eigenvalue weighted by molar-refractivity contribution is -0.121. The van der Waals surface area contributed by atoms with Gasteiger partial charge >= 0.3 is 0 Å². The number of hydrogen-bond donors (Lipinski definition) is 2. The van der Waals surface area contributed by atoms with Gasteiger partial charge in [-0.05, 0) is 68.0 Å². The van der Waals surface area contributed by atoms with Crippen molar-refractivity contribution in [2.75, 3.05) is 6.61 Å². The molecule has 1 amide bonds. The molecular weight excluding hydrogens is 326 g/mol. The topological polar surface area (TPSA) is 58.6 Å². The molecule has 140 valence electrons. The average Bonchev–Trinajstić information content (AvgIpc) is 2.65. The van der Waals surface area contributed by atoms with Crippen molar-refractivity contribution in [3.8, 4) is 11.5 Å². The molecule has 2 aromatic rings. The lowest BCUT2D eigenvalue weighted by Crippen LogP contribution is -2.33. The molecule has 0 saturated carbocycles. The predicted octanol–water partition coefficient (Wildman–Crippen LogP) is 4.25. The summed E-state index contributed by atoms with van der Waals surface area (Å²) in [5.74, 6) is 1.23. The summed E-state index contributed by atoms with van der Waals surface area (Å²) in [5, 5.41) is 12.4. The van der Waals surface area contributed by atoms with Crippen molar-refractivity contribution in [1.29, 1.82) is 0 Å². The molecule has 0 spiro atoms. The number of nitrogens with one attached hydrogen (secondary N) is 1. The number of phenols is 1. The fraction of sp³-hybridized carbons (Fsp3) is 0.409. The van der Waals surface area contributed by atoms with Gasteiger partial charge in [0.15, 0.2) is 0 Å². The first-order chi connectivity index (χ1) is 12.6. The Bertz CT molecular complexity index is 665. The van der Waals surface area contributed by atoms with E-state index in [1.807, 2.05) is 43.3 Å². The number of hydrogen-bond acceptors (Lipinski definition) is 3. The smallest absolute Gasteiger partial charge is 0.220 e. The van der Waals surface area contributed by atoms with Gasteiger partial charge in [0.1, 0.15) is 11.5 Å². The Labute approximate surface area is 156 Å². The van der Waals surface area contributed by atoms with Crippen molar-refractivity contribution < 1.29 is 14.6 Å². The fourth-order valence-corrected chi connectivity index (χ4v) is 2.70. The van der Waals surface area contributed by atoms with E-state index < -0.39 is 0 Å². The number of aryl methyl sites for hydroxylation is 2. The molecule has 2 aromatic carbocycles. The SMILES string of the molecule is CCCOc1ccc(CCC(=O)NC(C)CCc2ccc(O)cc2)cc1. The highest BCUT2D eigenvalue weighted by atomic mass is 16.5. The molecule has 4 nitrogen and oxygen atoms in total. The van der Waals surface area contributed by atoms with Gasteiger partial charge < -0.3 is 15.2 Å². The van der Waals surface area contributed by atoms with Gasteiger partial charge in [0.25, 0.3) is 0 Å². The second-order valence-electron chi connectivity index (χ2n) is 6.67. The molecule has 2 N–H and O–H groups in total. The van der Waals surface area contributed by atoms with Crippen LogP contribution in [0.3, 0.4) is 0 Å². The van der Waals surface area contributed by atoms with Crippen LogP contribution in [-0.2, 0) is 17.6 Å². The summed E-state index contributed by atoms with van der Waals surface area (Å²) in [6.45, 7) is 4.83. The van der Waals surface area contributed by atoms with Crippen molar-refractivity contribution in [2.24, 2.45) is 0 Å². The van der Waals surface area contributed by atoms with Crippen LogP contribution in [-0.4, -0.2) is 23.7 Å². The third-order valence-electron chi connectivity index (χ3n) is 4.25. The molecule has 0 aliphatic heterocycles. The minimum absolute atomic E-state index is 0.0783. The van der Waals surface area contributed by atoms with Crippen molar-refractivity contribution in [1.82, 2.24) is 5.32 Å². The van der Waals surface area contributed by atoms with Crippen LogP contribution in [0.5, 0.6) is 11.5 Å². The summed E-state index contributed by atoms with van der Waals surface area (Å²) >= 11 is 0. The Morgan fingerprint density at radius 3 is 2.31 bits per heavy atom. The summed E-state index contributed by atoms with van der Waals surface area (Å²) in [6.07, 6.45) is 3.96. The second-order valence-corrected chi connectivity index (χ2v) is 6.67. The van der Waals surface area contributed by atoms with Crippen LogP contribution in [0.15, 0.2) is 48.5 Å². The molecule has 0 aromatic heterocycles. The van der Waals surface area contributed by atoms with Crippen molar-refractivity contribution in [3.05, 3.63) is 59.7 Å². The normalized spacial score (nSPS) is 11.8. The number of carbonyl (C=O) groups excluding carboxylic acids is 1. The van der Waals surface area contributed by atoms with Gasteiger partial charge in [0.05, 0.1) is 6.61 Å². The molecule has 0 bridgehead atoms. The molecule has 0 aliphatic carbocycles. The quantitative estimate of drug-likeness (QED) is 0.670.